The maximum atomic E-state index is 5.99. The Morgan fingerprint density at radius 3 is 1.18 bits per heavy atom. The Morgan fingerprint density at radius 1 is 0.538 bits per heavy atom. The topological polar surface area (TPSA) is 90.9 Å². The molecule has 0 aliphatic carbocycles. The molecule has 6 aliphatic rings. The molecule has 8 rings (SSSR count). The van der Waals surface area contributed by atoms with Crippen LogP contribution >= 0.6 is 0 Å². The summed E-state index contributed by atoms with van der Waals surface area (Å²) in [5.74, 6) is 0. The molecule has 39 heavy (non-hydrogen) atoms. The predicted octanol–water partition coefficient (Wildman–Crippen LogP) is 2.49. The minimum atomic E-state index is 0.111. The van der Waals surface area contributed by atoms with Crippen molar-refractivity contribution in [2.75, 3.05) is 75.6 Å². The van der Waals surface area contributed by atoms with Gasteiger partial charge in [0.15, 0.2) is 0 Å². The van der Waals surface area contributed by atoms with Crippen molar-refractivity contribution < 1.29 is 33.2 Å². The van der Waals surface area contributed by atoms with Crippen molar-refractivity contribution in [3.05, 3.63) is 59.7 Å². The Balaban J connectivity index is 0.779. The van der Waals surface area contributed by atoms with Crippen LogP contribution in [0.2, 0.25) is 0 Å². The molecule has 0 spiro atoms. The van der Waals surface area contributed by atoms with Crippen molar-refractivity contribution in [1.29, 1.82) is 0 Å². The van der Waals surface area contributed by atoms with Gasteiger partial charge in [-0.1, -0.05) is 24.3 Å². The third-order valence-electron chi connectivity index (χ3n) is 8.21. The van der Waals surface area contributed by atoms with Crippen molar-refractivity contribution in [3.8, 4) is 0 Å². The number of epoxide rings is 6. The Bertz CT molecular complexity index is 1010. The van der Waals surface area contributed by atoms with Crippen LogP contribution in [0.25, 0.3) is 0 Å². The largest absolute Gasteiger partial charge is 0.376 e. The molecular weight excluding hydrogens is 500 g/mol. The molecule has 6 aliphatic heterocycles. The van der Waals surface area contributed by atoms with Crippen LogP contribution in [-0.4, -0.2) is 102 Å². The Kier molecular flexibility index (Phi) is 6.48. The zero-order valence-corrected chi connectivity index (χ0v) is 22.1. The Morgan fingerprint density at radius 2 is 0.872 bits per heavy atom. The zero-order valence-electron chi connectivity index (χ0n) is 22.1. The second-order valence-electron chi connectivity index (χ2n) is 11.5. The molecule has 0 aromatic heterocycles. The second kappa shape index (κ2) is 10.3. The molecule has 6 saturated heterocycles. The van der Waals surface area contributed by atoms with Crippen LogP contribution in [0.15, 0.2) is 48.5 Å². The normalized spacial score (nSPS) is 34.9. The van der Waals surface area contributed by atoms with E-state index in [2.05, 4.69) is 58.3 Å². The molecule has 0 radical (unpaired) electrons. The predicted molar refractivity (Wildman–Crippen MR) is 142 cm³/mol. The lowest BCUT2D eigenvalue weighted by Crippen LogP contribution is -2.31. The van der Waals surface area contributed by atoms with E-state index in [0.717, 1.165) is 52.6 Å². The van der Waals surface area contributed by atoms with Gasteiger partial charge in [-0.25, -0.2) is 0 Å². The van der Waals surface area contributed by atoms with Crippen LogP contribution in [-0.2, 0) is 33.2 Å². The number of ether oxygens (including phenoxy) is 7. The van der Waals surface area contributed by atoms with Crippen molar-refractivity contribution in [2.24, 2.45) is 0 Å². The molecule has 8 atom stereocenters. The van der Waals surface area contributed by atoms with Gasteiger partial charge in [0.05, 0.1) is 64.1 Å². The molecule has 208 valence electrons. The average Bonchev–Trinajstić information content (AvgIpc) is 3.70. The molecule has 2 aromatic carbocycles. The monoisotopic (exact) mass is 536 g/mol. The fourth-order valence-corrected chi connectivity index (χ4v) is 5.42. The molecule has 6 heterocycles. The van der Waals surface area contributed by atoms with E-state index in [1.165, 1.54) is 22.5 Å². The summed E-state index contributed by atoms with van der Waals surface area (Å²) < 4.78 is 39.6. The van der Waals surface area contributed by atoms with Crippen LogP contribution in [0.4, 0.5) is 11.4 Å². The van der Waals surface area contributed by atoms with Gasteiger partial charge < -0.3 is 43.0 Å². The molecule has 0 amide bonds. The SMILES string of the molecule is c1cc(N(CC2CO2)CC2CO2)ccc1C1OC1COCC1OC1c1ccc(N(CC2CO2)CC2CO2)cc1. The summed E-state index contributed by atoms with van der Waals surface area (Å²) in [7, 11) is 0. The Labute approximate surface area is 228 Å². The lowest BCUT2D eigenvalue weighted by Gasteiger charge is -2.23. The van der Waals surface area contributed by atoms with E-state index in [1.807, 2.05) is 0 Å². The maximum Gasteiger partial charge on any atom is 0.112 e. The summed E-state index contributed by atoms with van der Waals surface area (Å²) >= 11 is 0. The van der Waals surface area contributed by atoms with Gasteiger partial charge in [-0.05, 0) is 35.4 Å². The zero-order chi connectivity index (χ0) is 25.8. The highest BCUT2D eigenvalue weighted by molar-refractivity contribution is 5.50. The van der Waals surface area contributed by atoms with Gasteiger partial charge in [-0.15, -0.1) is 0 Å². The highest BCUT2D eigenvalue weighted by Gasteiger charge is 2.43. The number of benzene rings is 2. The van der Waals surface area contributed by atoms with E-state index in [4.69, 9.17) is 33.2 Å². The number of nitrogens with zero attached hydrogens (tertiary/aromatic N) is 2. The summed E-state index contributed by atoms with van der Waals surface area (Å²) in [5, 5.41) is 0. The van der Waals surface area contributed by atoms with Gasteiger partial charge in [0.2, 0.25) is 0 Å². The summed E-state index contributed by atoms with van der Waals surface area (Å²) in [6.07, 6.45) is 1.87. The van der Waals surface area contributed by atoms with E-state index < -0.39 is 0 Å². The molecule has 0 saturated carbocycles. The summed E-state index contributed by atoms with van der Waals surface area (Å²) in [4.78, 5) is 4.74. The van der Waals surface area contributed by atoms with E-state index >= 15 is 0 Å². The second-order valence-corrected chi connectivity index (χ2v) is 11.5. The number of rotatable bonds is 16. The first kappa shape index (κ1) is 24.5. The average molecular weight is 537 g/mol. The van der Waals surface area contributed by atoms with Gasteiger partial charge in [0, 0.05) is 37.6 Å². The van der Waals surface area contributed by atoms with Crippen LogP contribution < -0.4 is 9.80 Å². The molecule has 6 fully saturated rings. The molecule has 9 heteroatoms. The number of anilines is 2. The van der Waals surface area contributed by atoms with Crippen LogP contribution in [0.1, 0.15) is 23.3 Å². The molecule has 2 aromatic rings. The molecule has 9 nitrogen and oxygen atoms in total. The third-order valence-corrected chi connectivity index (χ3v) is 8.21. The van der Waals surface area contributed by atoms with Gasteiger partial charge in [0.1, 0.15) is 24.4 Å². The van der Waals surface area contributed by atoms with E-state index in [0.29, 0.717) is 37.6 Å². The Hall–Kier alpha value is -2.24. The molecular formula is C30H36N2O7. The summed E-state index contributed by atoms with van der Waals surface area (Å²) in [5.41, 5.74) is 4.83. The summed E-state index contributed by atoms with van der Waals surface area (Å²) in [6.45, 7) is 8.33. The van der Waals surface area contributed by atoms with Crippen molar-refractivity contribution >= 4 is 11.4 Å². The first-order chi connectivity index (χ1) is 19.2. The standard InChI is InChI=1S/C30H36N2O7/c1-5-21(31(9-23-13-34-23)10-24-14-35-24)6-2-19(1)29-27(38-29)17-33-18-28-30(39-28)20-3-7-22(8-4-20)32(11-25-15-36-25)12-26-16-37-26/h1-8,23-30H,9-18H2. The van der Waals surface area contributed by atoms with Crippen molar-refractivity contribution in [2.45, 2.75) is 48.8 Å². The third kappa shape index (κ3) is 6.41. The van der Waals surface area contributed by atoms with E-state index in [1.54, 1.807) is 0 Å². The lowest BCUT2D eigenvalue weighted by atomic mass is 10.1. The minimum absolute atomic E-state index is 0.111. The van der Waals surface area contributed by atoms with Crippen LogP contribution in [0, 0.1) is 0 Å². The first-order valence-electron chi connectivity index (χ1n) is 14.3. The van der Waals surface area contributed by atoms with Crippen LogP contribution in [0.3, 0.4) is 0 Å². The first-order valence-corrected chi connectivity index (χ1v) is 14.3. The highest BCUT2D eigenvalue weighted by atomic mass is 16.6. The quantitative estimate of drug-likeness (QED) is 0.300. The van der Waals surface area contributed by atoms with Gasteiger partial charge in [-0.2, -0.15) is 0 Å². The molecule has 0 bridgehead atoms. The fourth-order valence-electron chi connectivity index (χ4n) is 5.42. The van der Waals surface area contributed by atoms with Gasteiger partial charge in [-0.3, -0.25) is 0 Å². The van der Waals surface area contributed by atoms with E-state index in [9.17, 15) is 0 Å². The van der Waals surface area contributed by atoms with Crippen LogP contribution in [0.5, 0.6) is 0 Å². The fraction of sp³-hybridized carbons (Fsp3) is 0.600. The number of hydrogen-bond donors (Lipinski definition) is 0. The van der Waals surface area contributed by atoms with Crippen molar-refractivity contribution in [1.82, 2.24) is 0 Å². The molecule has 8 unspecified atom stereocenters. The highest BCUT2D eigenvalue weighted by Crippen LogP contribution is 2.42. The van der Waals surface area contributed by atoms with Crippen molar-refractivity contribution in [3.63, 3.8) is 0 Å². The number of hydrogen-bond acceptors (Lipinski definition) is 9. The smallest absolute Gasteiger partial charge is 0.112 e. The van der Waals surface area contributed by atoms with E-state index in [-0.39, 0.29) is 24.4 Å². The maximum absolute atomic E-state index is 5.99. The molecule has 0 N–H and O–H groups in total. The summed E-state index contributed by atoms with van der Waals surface area (Å²) in [6, 6.07) is 17.4. The van der Waals surface area contributed by atoms with Gasteiger partial charge in [0.25, 0.3) is 0 Å². The van der Waals surface area contributed by atoms with Gasteiger partial charge >= 0.3 is 0 Å². The minimum Gasteiger partial charge on any atom is -0.376 e. The lowest BCUT2D eigenvalue weighted by molar-refractivity contribution is 0.102.